The molecule has 0 fully saturated rings. The SMILES string of the molecule is Cc1ccc(Cn2nc(C(=O)NCCn3nc(-c4ccc(F)cc4)ccc3=O)ccc2=O)cc1. The van der Waals surface area contributed by atoms with Crippen LogP contribution in [-0.2, 0) is 13.1 Å². The molecule has 0 aliphatic rings. The quantitative estimate of drug-likeness (QED) is 0.458. The van der Waals surface area contributed by atoms with E-state index in [9.17, 15) is 18.8 Å². The average Bonchev–Trinajstić information content (AvgIpc) is 2.83. The lowest BCUT2D eigenvalue weighted by Gasteiger charge is -2.10. The normalized spacial score (nSPS) is 10.8. The van der Waals surface area contributed by atoms with E-state index in [-0.39, 0.29) is 42.3 Å². The highest BCUT2D eigenvalue weighted by Crippen LogP contribution is 2.15. The fourth-order valence-electron chi connectivity index (χ4n) is 3.30. The highest BCUT2D eigenvalue weighted by Gasteiger charge is 2.11. The Labute approximate surface area is 194 Å². The number of nitrogens with zero attached hydrogens (tertiary/aromatic N) is 4. The summed E-state index contributed by atoms with van der Waals surface area (Å²) in [7, 11) is 0. The highest BCUT2D eigenvalue weighted by atomic mass is 19.1. The number of halogens is 1. The molecule has 1 amide bonds. The lowest BCUT2D eigenvalue weighted by atomic mass is 10.1. The van der Waals surface area contributed by atoms with E-state index >= 15 is 0 Å². The standard InChI is InChI=1S/C25H22FN5O3/c1-17-2-4-18(5-3-17)16-31-24(33)13-11-22(29-31)25(34)27-14-15-30-23(32)12-10-21(28-30)19-6-8-20(26)9-7-19/h2-13H,14-16H2,1H3,(H,27,34). The maximum Gasteiger partial charge on any atom is 0.271 e. The van der Waals surface area contributed by atoms with Gasteiger partial charge >= 0.3 is 0 Å². The molecule has 0 saturated carbocycles. The molecule has 34 heavy (non-hydrogen) atoms. The maximum atomic E-state index is 13.2. The molecule has 0 aliphatic carbocycles. The molecule has 2 aromatic carbocycles. The van der Waals surface area contributed by atoms with Gasteiger partial charge in [0.25, 0.3) is 17.0 Å². The molecule has 0 bridgehead atoms. The first-order valence-electron chi connectivity index (χ1n) is 10.6. The third kappa shape index (κ3) is 5.50. The zero-order valence-corrected chi connectivity index (χ0v) is 18.4. The summed E-state index contributed by atoms with van der Waals surface area (Å²) in [5.41, 5.74) is 2.62. The molecule has 0 saturated heterocycles. The van der Waals surface area contributed by atoms with Gasteiger partial charge in [0.2, 0.25) is 0 Å². The molecule has 0 aliphatic heterocycles. The van der Waals surface area contributed by atoms with E-state index in [1.165, 1.54) is 39.7 Å². The average molecular weight is 459 g/mol. The fourth-order valence-corrected chi connectivity index (χ4v) is 3.30. The van der Waals surface area contributed by atoms with Crippen LogP contribution in [0.4, 0.5) is 4.39 Å². The summed E-state index contributed by atoms with van der Waals surface area (Å²) in [6.07, 6.45) is 0. The molecule has 9 heteroatoms. The van der Waals surface area contributed by atoms with Crippen molar-refractivity contribution in [1.82, 2.24) is 24.9 Å². The van der Waals surface area contributed by atoms with Gasteiger partial charge in [0, 0.05) is 24.2 Å². The van der Waals surface area contributed by atoms with Crippen molar-refractivity contribution >= 4 is 5.91 Å². The molecule has 172 valence electrons. The van der Waals surface area contributed by atoms with Gasteiger partial charge in [-0.1, -0.05) is 29.8 Å². The fraction of sp³-hybridized carbons (Fsp3) is 0.160. The van der Waals surface area contributed by atoms with Gasteiger partial charge in [-0.2, -0.15) is 10.2 Å². The van der Waals surface area contributed by atoms with Crippen LogP contribution in [-0.4, -0.2) is 32.0 Å². The van der Waals surface area contributed by atoms with E-state index in [1.54, 1.807) is 18.2 Å². The molecule has 8 nitrogen and oxygen atoms in total. The van der Waals surface area contributed by atoms with Gasteiger partial charge in [0.15, 0.2) is 0 Å². The van der Waals surface area contributed by atoms with E-state index in [4.69, 9.17) is 0 Å². The second kappa shape index (κ2) is 10.0. The van der Waals surface area contributed by atoms with Crippen LogP contribution in [0.15, 0.2) is 82.4 Å². The summed E-state index contributed by atoms with van der Waals surface area (Å²) in [5, 5.41) is 11.2. The molecule has 2 aromatic heterocycles. The van der Waals surface area contributed by atoms with E-state index < -0.39 is 5.91 Å². The number of nitrogens with one attached hydrogen (secondary N) is 1. The molecular weight excluding hydrogens is 437 g/mol. The number of aryl methyl sites for hydroxylation is 1. The van der Waals surface area contributed by atoms with Gasteiger partial charge in [-0.25, -0.2) is 13.8 Å². The van der Waals surface area contributed by atoms with Crippen molar-refractivity contribution in [2.75, 3.05) is 6.54 Å². The number of benzene rings is 2. The van der Waals surface area contributed by atoms with Gasteiger partial charge in [0.05, 0.1) is 18.8 Å². The van der Waals surface area contributed by atoms with Crippen molar-refractivity contribution in [2.45, 2.75) is 20.0 Å². The highest BCUT2D eigenvalue weighted by molar-refractivity contribution is 5.91. The van der Waals surface area contributed by atoms with Gasteiger partial charge in [-0.3, -0.25) is 14.4 Å². The van der Waals surface area contributed by atoms with Crippen LogP contribution in [0.3, 0.4) is 0 Å². The summed E-state index contributed by atoms with van der Waals surface area (Å²) >= 11 is 0. The van der Waals surface area contributed by atoms with Crippen molar-refractivity contribution in [2.24, 2.45) is 0 Å². The van der Waals surface area contributed by atoms with Crippen molar-refractivity contribution in [3.63, 3.8) is 0 Å². The number of rotatable bonds is 7. The van der Waals surface area contributed by atoms with E-state index in [2.05, 4.69) is 15.5 Å². The number of carbonyl (C=O) groups excluding carboxylic acids is 1. The molecule has 0 atom stereocenters. The molecule has 0 spiro atoms. The Morgan fingerprint density at radius 2 is 1.53 bits per heavy atom. The Balaban J connectivity index is 1.42. The molecule has 4 rings (SSSR count). The third-order valence-corrected chi connectivity index (χ3v) is 5.17. The number of hydrogen-bond acceptors (Lipinski definition) is 5. The Morgan fingerprint density at radius 1 is 0.853 bits per heavy atom. The summed E-state index contributed by atoms with van der Waals surface area (Å²) < 4.78 is 15.6. The number of aromatic nitrogens is 4. The van der Waals surface area contributed by atoms with Crippen LogP contribution in [0.25, 0.3) is 11.3 Å². The van der Waals surface area contributed by atoms with Gasteiger partial charge in [-0.05, 0) is 48.9 Å². The van der Waals surface area contributed by atoms with Crippen LogP contribution < -0.4 is 16.4 Å². The summed E-state index contributed by atoms with van der Waals surface area (Å²) in [6, 6.07) is 19.1. The predicted octanol–water partition coefficient (Wildman–Crippen LogP) is 2.39. The van der Waals surface area contributed by atoms with Crippen molar-refractivity contribution < 1.29 is 9.18 Å². The largest absolute Gasteiger partial charge is 0.349 e. The minimum absolute atomic E-state index is 0.0899. The molecule has 4 aromatic rings. The molecular formula is C25H22FN5O3. The van der Waals surface area contributed by atoms with Crippen LogP contribution >= 0.6 is 0 Å². The number of carbonyl (C=O) groups is 1. The van der Waals surface area contributed by atoms with Crippen LogP contribution in [0.2, 0.25) is 0 Å². The maximum absolute atomic E-state index is 13.2. The minimum Gasteiger partial charge on any atom is -0.349 e. The number of hydrogen-bond donors (Lipinski definition) is 1. The third-order valence-electron chi connectivity index (χ3n) is 5.17. The first kappa shape index (κ1) is 22.8. The van der Waals surface area contributed by atoms with Gasteiger partial charge in [0.1, 0.15) is 11.5 Å². The summed E-state index contributed by atoms with van der Waals surface area (Å²) in [5.74, 6) is -0.834. The Kier molecular flexibility index (Phi) is 6.72. The lowest BCUT2D eigenvalue weighted by molar-refractivity contribution is 0.0944. The second-order valence-electron chi connectivity index (χ2n) is 7.74. The molecule has 1 N–H and O–H groups in total. The van der Waals surface area contributed by atoms with Crippen molar-refractivity contribution in [1.29, 1.82) is 0 Å². The minimum atomic E-state index is -0.472. The first-order valence-corrected chi connectivity index (χ1v) is 10.6. The van der Waals surface area contributed by atoms with E-state index in [0.717, 1.165) is 11.1 Å². The van der Waals surface area contributed by atoms with Crippen LogP contribution in [0.1, 0.15) is 21.6 Å². The van der Waals surface area contributed by atoms with Crippen molar-refractivity contribution in [3.05, 3.63) is 116 Å². The molecule has 0 radical (unpaired) electrons. The Morgan fingerprint density at radius 3 is 2.26 bits per heavy atom. The zero-order valence-electron chi connectivity index (χ0n) is 18.4. The monoisotopic (exact) mass is 459 g/mol. The van der Waals surface area contributed by atoms with Gasteiger partial charge in [-0.15, -0.1) is 0 Å². The summed E-state index contributed by atoms with van der Waals surface area (Å²) in [4.78, 5) is 36.9. The Bertz CT molecular complexity index is 1430. The van der Waals surface area contributed by atoms with Crippen LogP contribution in [0.5, 0.6) is 0 Å². The molecule has 2 heterocycles. The van der Waals surface area contributed by atoms with Crippen molar-refractivity contribution in [3.8, 4) is 11.3 Å². The van der Waals surface area contributed by atoms with E-state index in [0.29, 0.717) is 11.3 Å². The Hall–Kier alpha value is -4.40. The van der Waals surface area contributed by atoms with Crippen LogP contribution in [0, 0.1) is 12.7 Å². The van der Waals surface area contributed by atoms with E-state index in [1.807, 2.05) is 31.2 Å². The molecule has 0 unspecified atom stereocenters. The predicted molar refractivity (Wildman–Crippen MR) is 125 cm³/mol. The zero-order chi connectivity index (χ0) is 24.1. The van der Waals surface area contributed by atoms with Gasteiger partial charge < -0.3 is 5.32 Å². The second-order valence-corrected chi connectivity index (χ2v) is 7.74. The topological polar surface area (TPSA) is 98.9 Å². The summed E-state index contributed by atoms with van der Waals surface area (Å²) in [6.45, 7) is 2.47. The smallest absolute Gasteiger partial charge is 0.271 e. The number of amides is 1. The lowest BCUT2D eigenvalue weighted by Crippen LogP contribution is -2.34. The first-order chi connectivity index (χ1) is 16.4.